The van der Waals surface area contributed by atoms with Crippen molar-refractivity contribution in [1.82, 2.24) is 0 Å². The molecule has 1 nitrogen and oxygen atoms in total. The molecule has 1 N–H and O–H groups in total. The van der Waals surface area contributed by atoms with Gasteiger partial charge in [-0.05, 0) is 30.4 Å². The molecule has 0 bridgehead atoms. The van der Waals surface area contributed by atoms with Gasteiger partial charge in [-0.1, -0.05) is 30.6 Å². The lowest BCUT2D eigenvalue weighted by Crippen LogP contribution is -2.29. The van der Waals surface area contributed by atoms with Crippen LogP contribution in [-0.2, 0) is 12.0 Å². The number of hydrogen-bond acceptors (Lipinski definition) is 1. The molecule has 1 atom stereocenters. The first-order valence-electron chi connectivity index (χ1n) is 4.77. The van der Waals surface area contributed by atoms with E-state index in [-0.39, 0.29) is 0 Å². The molecular weight excluding hydrogens is 159 g/mol. The van der Waals surface area contributed by atoms with Gasteiger partial charge in [0.15, 0.2) is 0 Å². The summed E-state index contributed by atoms with van der Waals surface area (Å²) in [6.07, 6.45) is 3.22. The number of rotatable bonds is 1. The van der Waals surface area contributed by atoms with E-state index in [2.05, 4.69) is 6.07 Å². The molecule has 1 aromatic rings. The van der Waals surface area contributed by atoms with E-state index in [9.17, 15) is 5.11 Å². The first-order chi connectivity index (χ1) is 6.26. The van der Waals surface area contributed by atoms with E-state index < -0.39 is 5.60 Å². The van der Waals surface area contributed by atoms with Crippen molar-refractivity contribution in [3.05, 3.63) is 35.4 Å². The minimum Gasteiger partial charge on any atom is -0.386 e. The Kier molecular flexibility index (Phi) is 2.16. The SMILES string of the molecule is [B]CC1(O)CCCc2ccccc21. The van der Waals surface area contributed by atoms with Gasteiger partial charge in [0.05, 0.1) is 13.4 Å². The zero-order valence-electron chi connectivity index (χ0n) is 7.66. The predicted molar refractivity (Wildman–Crippen MR) is 53.8 cm³/mol. The quantitative estimate of drug-likeness (QED) is 0.640. The summed E-state index contributed by atoms with van der Waals surface area (Å²) in [5.41, 5.74) is 1.51. The maximum atomic E-state index is 10.2. The van der Waals surface area contributed by atoms with E-state index in [1.807, 2.05) is 18.2 Å². The third kappa shape index (κ3) is 1.40. The number of fused-ring (bicyclic) bond motifs is 1. The highest BCUT2D eigenvalue weighted by molar-refractivity contribution is 6.09. The molecule has 1 aliphatic carbocycles. The molecule has 0 aromatic heterocycles. The summed E-state index contributed by atoms with van der Waals surface area (Å²) in [5.74, 6) is 0. The van der Waals surface area contributed by atoms with Crippen molar-refractivity contribution >= 4 is 7.85 Å². The summed E-state index contributed by atoms with van der Waals surface area (Å²) in [6.45, 7) is 0. The Morgan fingerprint density at radius 2 is 2.15 bits per heavy atom. The standard InChI is InChI=1S/C11H13BO/c12-8-11(13)7-3-5-9-4-1-2-6-10(9)11/h1-2,4,6,13H,3,5,7-8H2. The van der Waals surface area contributed by atoms with Crippen LogP contribution in [0.4, 0.5) is 0 Å². The maximum absolute atomic E-state index is 10.2. The van der Waals surface area contributed by atoms with Gasteiger partial charge in [-0.25, -0.2) is 0 Å². The van der Waals surface area contributed by atoms with Gasteiger partial charge in [0.2, 0.25) is 0 Å². The molecule has 0 heterocycles. The monoisotopic (exact) mass is 172 g/mol. The lowest BCUT2D eigenvalue weighted by Gasteiger charge is -2.33. The van der Waals surface area contributed by atoms with E-state index in [0.717, 1.165) is 24.8 Å². The fourth-order valence-electron chi connectivity index (χ4n) is 2.11. The molecule has 0 amide bonds. The third-order valence-corrected chi connectivity index (χ3v) is 2.89. The highest BCUT2D eigenvalue weighted by atomic mass is 16.3. The summed E-state index contributed by atoms with van der Waals surface area (Å²) >= 11 is 0. The summed E-state index contributed by atoms with van der Waals surface area (Å²) in [6, 6.07) is 8.04. The van der Waals surface area contributed by atoms with E-state index in [0.29, 0.717) is 6.32 Å². The molecule has 0 saturated heterocycles. The Balaban J connectivity index is 2.48. The molecule has 66 valence electrons. The second-order valence-electron chi connectivity index (χ2n) is 3.75. The maximum Gasteiger partial charge on any atom is 0.0822 e. The van der Waals surface area contributed by atoms with Gasteiger partial charge in [0, 0.05) is 0 Å². The molecule has 1 aromatic carbocycles. The highest BCUT2D eigenvalue weighted by Crippen LogP contribution is 2.37. The largest absolute Gasteiger partial charge is 0.386 e. The van der Waals surface area contributed by atoms with Crippen molar-refractivity contribution in [2.24, 2.45) is 0 Å². The van der Waals surface area contributed by atoms with Gasteiger partial charge in [-0.3, -0.25) is 0 Å². The fourth-order valence-corrected chi connectivity index (χ4v) is 2.11. The first kappa shape index (κ1) is 8.83. The number of benzene rings is 1. The van der Waals surface area contributed by atoms with Crippen LogP contribution in [0.3, 0.4) is 0 Å². The lowest BCUT2D eigenvalue weighted by molar-refractivity contribution is 0.0394. The number of aryl methyl sites for hydroxylation is 1. The van der Waals surface area contributed by atoms with Gasteiger partial charge >= 0.3 is 0 Å². The second-order valence-corrected chi connectivity index (χ2v) is 3.75. The molecule has 2 radical (unpaired) electrons. The van der Waals surface area contributed by atoms with Crippen LogP contribution in [-0.4, -0.2) is 13.0 Å². The van der Waals surface area contributed by atoms with Crippen LogP contribution in [0.2, 0.25) is 6.32 Å². The van der Waals surface area contributed by atoms with Crippen LogP contribution < -0.4 is 0 Å². The van der Waals surface area contributed by atoms with Crippen LogP contribution in [0.1, 0.15) is 24.0 Å². The Bertz CT molecular complexity index is 311. The van der Waals surface area contributed by atoms with Gasteiger partial charge in [-0.15, -0.1) is 0 Å². The van der Waals surface area contributed by atoms with Crippen LogP contribution in [0.5, 0.6) is 0 Å². The van der Waals surface area contributed by atoms with Crippen LogP contribution in [0, 0.1) is 0 Å². The van der Waals surface area contributed by atoms with Crippen molar-refractivity contribution in [3.8, 4) is 0 Å². The Labute approximate surface area is 80.2 Å². The summed E-state index contributed by atoms with van der Waals surface area (Å²) in [5, 5.41) is 10.2. The molecule has 0 aliphatic heterocycles. The first-order valence-corrected chi connectivity index (χ1v) is 4.77. The Morgan fingerprint density at radius 1 is 1.38 bits per heavy atom. The van der Waals surface area contributed by atoms with Gasteiger partial charge in [0.25, 0.3) is 0 Å². The summed E-state index contributed by atoms with van der Waals surface area (Å²) < 4.78 is 0. The van der Waals surface area contributed by atoms with Crippen molar-refractivity contribution in [2.45, 2.75) is 31.2 Å². The van der Waals surface area contributed by atoms with Crippen LogP contribution >= 0.6 is 0 Å². The zero-order chi connectivity index (χ0) is 9.31. The predicted octanol–water partition coefficient (Wildman–Crippen LogP) is 1.80. The zero-order valence-corrected chi connectivity index (χ0v) is 7.66. The smallest absolute Gasteiger partial charge is 0.0822 e. The van der Waals surface area contributed by atoms with Crippen LogP contribution in [0.15, 0.2) is 24.3 Å². The lowest BCUT2D eigenvalue weighted by atomic mass is 9.72. The minimum absolute atomic E-state index is 0.323. The third-order valence-electron chi connectivity index (χ3n) is 2.89. The topological polar surface area (TPSA) is 20.2 Å². The van der Waals surface area contributed by atoms with Crippen molar-refractivity contribution < 1.29 is 5.11 Å². The number of aliphatic hydroxyl groups is 1. The molecular formula is C11H13BO. The molecule has 13 heavy (non-hydrogen) atoms. The van der Waals surface area contributed by atoms with E-state index in [4.69, 9.17) is 7.85 Å². The summed E-state index contributed by atoms with van der Waals surface area (Å²) in [4.78, 5) is 0. The molecule has 0 spiro atoms. The van der Waals surface area contributed by atoms with Gasteiger partial charge < -0.3 is 5.11 Å². The normalized spacial score (nSPS) is 26.8. The van der Waals surface area contributed by atoms with Crippen LogP contribution in [0.25, 0.3) is 0 Å². The van der Waals surface area contributed by atoms with Crippen molar-refractivity contribution in [1.29, 1.82) is 0 Å². The molecule has 0 saturated carbocycles. The van der Waals surface area contributed by atoms with Crippen molar-refractivity contribution in [3.63, 3.8) is 0 Å². The van der Waals surface area contributed by atoms with Crippen molar-refractivity contribution in [2.75, 3.05) is 0 Å². The average molecular weight is 172 g/mol. The Morgan fingerprint density at radius 3 is 2.92 bits per heavy atom. The summed E-state index contributed by atoms with van der Waals surface area (Å²) in [7, 11) is 5.60. The Hall–Kier alpha value is -0.755. The average Bonchev–Trinajstić information content (AvgIpc) is 2.19. The molecule has 2 heteroatoms. The fraction of sp³-hybridized carbons (Fsp3) is 0.455. The second kappa shape index (κ2) is 3.19. The van der Waals surface area contributed by atoms with E-state index in [1.165, 1.54) is 5.56 Å². The van der Waals surface area contributed by atoms with E-state index in [1.54, 1.807) is 0 Å². The number of hydrogen-bond donors (Lipinski definition) is 1. The van der Waals surface area contributed by atoms with E-state index >= 15 is 0 Å². The molecule has 1 aliphatic rings. The highest BCUT2D eigenvalue weighted by Gasteiger charge is 2.31. The molecule has 1 unspecified atom stereocenters. The molecule has 0 fully saturated rings. The van der Waals surface area contributed by atoms with Gasteiger partial charge in [-0.2, -0.15) is 0 Å². The van der Waals surface area contributed by atoms with Gasteiger partial charge in [0.1, 0.15) is 0 Å². The minimum atomic E-state index is -0.769. The molecule has 2 rings (SSSR count).